The maximum absolute atomic E-state index is 12.5. The fraction of sp³-hybridized carbons (Fsp3) is 0.474. The first-order valence-electron chi connectivity index (χ1n) is 8.48. The van der Waals surface area contributed by atoms with E-state index >= 15 is 0 Å². The van der Waals surface area contributed by atoms with Crippen LogP contribution in [0.5, 0.6) is 0 Å². The zero-order valence-corrected chi connectivity index (χ0v) is 14.2. The maximum atomic E-state index is 12.5. The highest BCUT2D eigenvalue weighted by molar-refractivity contribution is 7.05. The van der Waals surface area contributed by atoms with Crippen LogP contribution < -0.4 is 5.32 Å². The molecule has 0 saturated heterocycles. The standard InChI is InChI=1S/C19H22N2OS/c1-12-7-16(23-21-12)9-19(22)15-4-2-3-14(8-15)17-10-18(17)20-11-13-5-6-13/h2-4,7-8,13,17-18,20H,5-6,9-11H2,1H3. The van der Waals surface area contributed by atoms with Gasteiger partial charge in [-0.05, 0) is 67.9 Å². The number of nitrogens with one attached hydrogen (secondary N) is 1. The van der Waals surface area contributed by atoms with E-state index in [1.807, 2.05) is 25.1 Å². The molecule has 3 nitrogen and oxygen atoms in total. The SMILES string of the molecule is Cc1cc(CC(=O)c2cccc(C3CC3NCC3CC3)c2)sn1. The molecule has 2 aromatic rings. The van der Waals surface area contributed by atoms with Gasteiger partial charge in [0, 0.05) is 28.8 Å². The summed E-state index contributed by atoms with van der Waals surface area (Å²) in [6.07, 6.45) is 4.46. The zero-order chi connectivity index (χ0) is 15.8. The number of nitrogens with zero attached hydrogens (tertiary/aromatic N) is 1. The van der Waals surface area contributed by atoms with E-state index in [0.717, 1.165) is 22.1 Å². The minimum Gasteiger partial charge on any atom is -0.313 e. The highest BCUT2D eigenvalue weighted by Crippen LogP contribution is 2.41. The molecule has 2 fully saturated rings. The normalized spacial score (nSPS) is 23.0. The summed E-state index contributed by atoms with van der Waals surface area (Å²) in [7, 11) is 0. The molecule has 2 saturated carbocycles. The summed E-state index contributed by atoms with van der Waals surface area (Å²) in [4.78, 5) is 13.5. The van der Waals surface area contributed by atoms with Gasteiger partial charge in [-0.2, -0.15) is 4.37 Å². The highest BCUT2D eigenvalue weighted by Gasteiger charge is 2.39. The van der Waals surface area contributed by atoms with Crippen molar-refractivity contribution in [3.63, 3.8) is 0 Å². The molecule has 1 heterocycles. The Morgan fingerprint density at radius 1 is 1.35 bits per heavy atom. The van der Waals surface area contributed by atoms with Gasteiger partial charge in [0.2, 0.25) is 0 Å². The molecule has 0 aliphatic heterocycles. The number of ketones is 1. The third-order valence-corrected chi connectivity index (χ3v) is 5.68. The van der Waals surface area contributed by atoms with E-state index in [4.69, 9.17) is 0 Å². The Morgan fingerprint density at radius 3 is 2.96 bits per heavy atom. The van der Waals surface area contributed by atoms with Crippen LogP contribution in [0.1, 0.15) is 51.7 Å². The van der Waals surface area contributed by atoms with Crippen LogP contribution in [0.25, 0.3) is 0 Å². The Hall–Kier alpha value is -1.52. The van der Waals surface area contributed by atoms with Gasteiger partial charge >= 0.3 is 0 Å². The van der Waals surface area contributed by atoms with E-state index < -0.39 is 0 Å². The Kier molecular flexibility index (Phi) is 4.04. The number of rotatable bonds is 7. The fourth-order valence-corrected chi connectivity index (χ4v) is 3.86. The van der Waals surface area contributed by atoms with Crippen LogP contribution in [-0.4, -0.2) is 22.7 Å². The molecule has 1 aromatic carbocycles. The van der Waals surface area contributed by atoms with Crippen LogP contribution in [0.15, 0.2) is 30.3 Å². The van der Waals surface area contributed by atoms with Crippen molar-refractivity contribution in [1.82, 2.24) is 9.69 Å². The number of Topliss-reactive ketones (excluding diaryl/α,β-unsaturated/α-hetero) is 1. The van der Waals surface area contributed by atoms with E-state index in [2.05, 4.69) is 21.8 Å². The van der Waals surface area contributed by atoms with E-state index in [-0.39, 0.29) is 5.78 Å². The van der Waals surface area contributed by atoms with E-state index in [9.17, 15) is 4.79 Å². The Balaban J connectivity index is 1.39. The number of hydrogen-bond donors (Lipinski definition) is 1. The maximum Gasteiger partial charge on any atom is 0.168 e. The van der Waals surface area contributed by atoms with E-state index in [1.54, 1.807) is 0 Å². The molecule has 4 rings (SSSR count). The fourth-order valence-electron chi connectivity index (χ4n) is 3.13. The molecule has 4 heteroatoms. The molecule has 23 heavy (non-hydrogen) atoms. The largest absolute Gasteiger partial charge is 0.313 e. The Labute approximate surface area is 141 Å². The van der Waals surface area contributed by atoms with Crippen molar-refractivity contribution < 1.29 is 4.79 Å². The average molecular weight is 326 g/mol. The van der Waals surface area contributed by atoms with Crippen LogP contribution in [-0.2, 0) is 6.42 Å². The molecule has 0 amide bonds. The van der Waals surface area contributed by atoms with Gasteiger partial charge in [0.15, 0.2) is 5.78 Å². The molecule has 2 aliphatic carbocycles. The average Bonchev–Trinajstić information content (AvgIpc) is 3.45. The second kappa shape index (κ2) is 6.17. The monoisotopic (exact) mass is 326 g/mol. The summed E-state index contributed by atoms with van der Waals surface area (Å²) in [6, 6.07) is 10.8. The van der Waals surface area contributed by atoms with Gasteiger partial charge in [-0.15, -0.1) is 0 Å². The molecule has 2 aliphatic rings. The molecule has 2 unspecified atom stereocenters. The topological polar surface area (TPSA) is 42.0 Å². The van der Waals surface area contributed by atoms with Crippen LogP contribution in [0.2, 0.25) is 0 Å². The van der Waals surface area contributed by atoms with Crippen LogP contribution in [0.3, 0.4) is 0 Å². The van der Waals surface area contributed by atoms with Gasteiger partial charge in [-0.1, -0.05) is 18.2 Å². The van der Waals surface area contributed by atoms with Gasteiger partial charge in [0.1, 0.15) is 0 Å². The van der Waals surface area contributed by atoms with Crippen LogP contribution >= 0.6 is 11.5 Å². The summed E-state index contributed by atoms with van der Waals surface area (Å²) in [6.45, 7) is 3.14. The van der Waals surface area contributed by atoms with Gasteiger partial charge in [0.25, 0.3) is 0 Å². The van der Waals surface area contributed by atoms with Gasteiger partial charge in [0.05, 0.1) is 5.69 Å². The third kappa shape index (κ3) is 3.70. The zero-order valence-electron chi connectivity index (χ0n) is 13.4. The Morgan fingerprint density at radius 2 is 2.22 bits per heavy atom. The molecular weight excluding hydrogens is 304 g/mol. The van der Waals surface area contributed by atoms with Crippen molar-refractivity contribution in [2.45, 2.75) is 44.6 Å². The molecule has 1 aromatic heterocycles. The number of benzene rings is 1. The van der Waals surface area contributed by atoms with Gasteiger partial charge in [-0.3, -0.25) is 4.79 Å². The molecule has 0 bridgehead atoms. The highest BCUT2D eigenvalue weighted by atomic mass is 32.1. The van der Waals surface area contributed by atoms with Crippen molar-refractivity contribution in [3.8, 4) is 0 Å². The molecular formula is C19H22N2OS. The lowest BCUT2D eigenvalue weighted by atomic mass is 10.0. The number of aryl methyl sites for hydroxylation is 1. The van der Waals surface area contributed by atoms with Gasteiger partial charge in [-0.25, -0.2) is 0 Å². The molecule has 2 atom stereocenters. The lowest BCUT2D eigenvalue weighted by Crippen LogP contribution is -2.20. The molecule has 0 spiro atoms. The van der Waals surface area contributed by atoms with E-state index in [1.165, 1.54) is 42.9 Å². The summed E-state index contributed by atoms with van der Waals surface area (Å²) in [5, 5.41) is 3.67. The Bertz CT molecular complexity index is 720. The summed E-state index contributed by atoms with van der Waals surface area (Å²) in [5.41, 5.74) is 3.14. The first-order valence-corrected chi connectivity index (χ1v) is 9.25. The number of carbonyl (C=O) groups excluding carboxylic acids is 1. The second-order valence-corrected chi connectivity index (χ2v) is 7.85. The minimum atomic E-state index is 0.193. The summed E-state index contributed by atoms with van der Waals surface area (Å²) in [5.74, 6) is 1.71. The van der Waals surface area contributed by atoms with E-state index in [0.29, 0.717) is 18.4 Å². The quantitative estimate of drug-likeness (QED) is 0.788. The van der Waals surface area contributed by atoms with Crippen LogP contribution in [0.4, 0.5) is 0 Å². The lowest BCUT2D eigenvalue weighted by Gasteiger charge is -2.05. The predicted molar refractivity (Wildman–Crippen MR) is 93.2 cm³/mol. The smallest absolute Gasteiger partial charge is 0.168 e. The number of carbonyl (C=O) groups is 1. The number of hydrogen-bond acceptors (Lipinski definition) is 4. The molecule has 120 valence electrons. The van der Waals surface area contributed by atoms with Crippen molar-refractivity contribution in [1.29, 1.82) is 0 Å². The summed E-state index contributed by atoms with van der Waals surface area (Å²) < 4.78 is 4.25. The third-order valence-electron chi connectivity index (χ3n) is 4.80. The molecule has 0 radical (unpaired) electrons. The van der Waals surface area contributed by atoms with Crippen molar-refractivity contribution in [2.24, 2.45) is 5.92 Å². The lowest BCUT2D eigenvalue weighted by molar-refractivity contribution is 0.0993. The summed E-state index contributed by atoms with van der Waals surface area (Å²) >= 11 is 1.43. The minimum absolute atomic E-state index is 0.193. The van der Waals surface area contributed by atoms with Crippen LogP contribution in [0, 0.1) is 12.8 Å². The van der Waals surface area contributed by atoms with Crippen molar-refractivity contribution in [3.05, 3.63) is 52.0 Å². The van der Waals surface area contributed by atoms with Crippen molar-refractivity contribution in [2.75, 3.05) is 6.54 Å². The second-order valence-electron chi connectivity index (χ2n) is 6.96. The number of aromatic nitrogens is 1. The first-order chi connectivity index (χ1) is 11.2. The van der Waals surface area contributed by atoms with Gasteiger partial charge < -0.3 is 5.32 Å². The first kappa shape index (κ1) is 15.0. The predicted octanol–water partition coefficient (Wildman–Crippen LogP) is 3.73. The van der Waals surface area contributed by atoms with Crippen molar-refractivity contribution >= 4 is 17.3 Å². The molecule has 1 N–H and O–H groups in total.